The van der Waals surface area contributed by atoms with Crippen molar-refractivity contribution in [2.75, 3.05) is 13.1 Å². The Morgan fingerprint density at radius 1 is 1.07 bits per heavy atom. The SMILES string of the molecule is CCCN(CCC[SiH](C)C)C(C)(C)C. The van der Waals surface area contributed by atoms with E-state index in [0.29, 0.717) is 5.54 Å². The molecule has 0 heterocycles. The van der Waals surface area contributed by atoms with Gasteiger partial charge in [0.05, 0.1) is 0 Å². The van der Waals surface area contributed by atoms with Crippen LogP contribution in [0.1, 0.15) is 40.5 Å². The van der Waals surface area contributed by atoms with Gasteiger partial charge in [-0.3, -0.25) is 4.90 Å². The molecule has 0 bridgehead atoms. The van der Waals surface area contributed by atoms with Crippen molar-refractivity contribution in [3.8, 4) is 0 Å². The maximum Gasteiger partial charge on any atom is 0.0306 e. The van der Waals surface area contributed by atoms with Gasteiger partial charge in [0.15, 0.2) is 0 Å². The number of nitrogens with zero attached hydrogens (tertiary/aromatic N) is 1. The summed E-state index contributed by atoms with van der Waals surface area (Å²) >= 11 is 0. The minimum Gasteiger partial charge on any atom is -0.299 e. The molecule has 0 fully saturated rings. The van der Waals surface area contributed by atoms with E-state index in [1.165, 1.54) is 32.0 Å². The predicted octanol–water partition coefficient (Wildman–Crippen LogP) is 3.37. The van der Waals surface area contributed by atoms with E-state index < -0.39 is 0 Å². The quantitative estimate of drug-likeness (QED) is 0.614. The van der Waals surface area contributed by atoms with Gasteiger partial charge >= 0.3 is 0 Å². The van der Waals surface area contributed by atoms with Gasteiger partial charge in [-0.05, 0) is 46.7 Å². The molecule has 0 aliphatic heterocycles. The second-order valence-corrected chi connectivity index (χ2v) is 9.06. The number of rotatable bonds is 6. The fourth-order valence-corrected chi connectivity index (χ4v) is 2.74. The molecule has 1 nitrogen and oxygen atoms in total. The van der Waals surface area contributed by atoms with Crippen LogP contribution in [0.25, 0.3) is 0 Å². The van der Waals surface area contributed by atoms with E-state index in [2.05, 4.69) is 45.7 Å². The second-order valence-electron chi connectivity index (χ2n) is 5.69. The van der Waals surface area contributed by atoms with Crippen LogP contribution in [0.2, 0.25) is 19.1 Å². The molecule has 0 unspecified atom stereocenters. The summed E-state index contributed by atoms with van der Waals surface area (Å²) in [6.45, 7) is 16.7. The molecule has 14 heavy (non-hydrogen) atoms. The summed E-state index contributed by atoms with van der Waals surface area (Å²) in [5.74, 6) is 0. The fraction of sp³-hybridized carbons (Fsp3) is 1.00. The van der Waals surface area contributed by atoms with E-state index in [9.17, 15) is 0 Å². The van der Waals surface area contributed by atoms with Crippen molar-refractivity contribution in [1.82, 2.24) is 4.90 Å². The topological polar surface area (TPSA) is 3.24 Å². The lowest BCUT2D eigenvalue weighted by Gasteiger charge is -2.35. The van der Waals surface area contributed by atoms with E-state index >= 15 is 0 Å². The summed E-state index contributed by atoms with van der Waals surface area (Å²) < 4.78 is 0. The molecule has 0 aromatic carbocycles. The Balaban J connectivity index is 3.86. The summed E-state index contributed by atoms with van der Waals surface area (Å²) in [6.07, 6.45) is 2.68. The largest absolute Gasteiger partial charge is 0.299 e. The Bertz CT molecular complexity index is 138. The van der Waals surface area contributed by atoms with Crippen LogP contribution in [0.15, 0.2) is 0 Å². The van der Waals surface area contributed by atoms with Crippen molar-refractivity contribution in [3.05, 3.63) is 0 Å². The maximum absolute atomic E-state index is 2.63. The van der Waals surface area contributed by atoms with Gasteiger partial charge in [-0.15, -0.1) is 0 Å². The third kappa shape index (κ3) is 6.60. The molecule has 0 rings (SSSR count). The molecular weight excluding hydrogens is 186 g/mol. The molecule has 0 aliphatic carbocycles. The highest BCUT2D eigenvalue weighted by molar-refractivity contribution is 6.55. The van der Waals surface area contributed by atoms with E-state index in [4.69, 9.17) is 0 Å². The third-order valence-corrected chi connectivity index (χ3v) is 4.21. The van der Waals surface area contributed by atoms with Gasteiger partial charge in [0.1, 0.15) is 0 Å². The van der Waals surface area contributed by atoms with Crippen molar-refractivity contribution in [2.45, 2.75) is 65.2 Å². The van der Waals surface area contributed by atoms with Crippen molar-refractivity contribution in [1.29, 1.82) is 0 Å². The molecular formula is C12H29NSi. The Kier molecular flexibility index (Phi) is 6.71. The highest BCUT2D eigenvalue weighted by Crippen LogP contribution is 2.15. The van der Waals surface area contributed by atoms with Crippen molar-refractivity contribution in [2.24, 2.45) is 0 Å². The molecule has 0 saturated heterocycles. The first-order chi connectivity index (χ1) is 6.38. The van der Waals surface area contributed by atoms with Crippen LogP contribution in [-0.2, 0) is 0 Å². The average molecular weight is 215 g/mol. The number of hydrogen-bond acceptors (Lipinski definition) is 1. The van der Waals surface area contributed by atoms with Gasteiger partial charge in [-0.2, -0.15) is 0 Å². The molecule has 0 radical (unpaired) electrons. The minimum absolute atomic E-state index is 0.330. The Morgan fingerprint density at radius 2 is 1.64 bits per heavy atom. The van der Waals surface area contributed by atoms with Crippen LogP contribution in [0.3, 0.4) is 0 Å². The zero-order chi connectivity index (χ0) is 11.2. The molecule has 0 aliphatic rings. The summed E-state index contributed by atoms with van der Waals surface area (Å²) in [4.78, 5) is 2.63. The summed E-state index contributed by atoms with van der Waals surface area (Å²) in [7, 11) is -0.330. The lowest BCUT2D eigenvalue weighted by molar-refractivity contribution is 0.137. The summed E-state index contributed by atoms with van der Waals surface area (Å²) in [5, 5.41) is 0. The van der Waals surface area contributed by atoms with Gasteiger partial charge < -0.3 is 0 Å². The molecule has 0 saturated carbocycles. The van der Waals surface area contributed by atoms with Crippen molar-refractivity contribution in [3.63, 3.8) is 0 Å². The van der Waals surface area contributed by atoms with Gasteiger partial charge in [0.2, 0.25) is 0 Å². The first kappa shape index (κ1) is 14.2. The lowest BCUT2D eigenvalue weighted by Crippen LogP contribution is -2.42. The summed E-state index contributed by atoms with van der Waals surface area (Å²) in [6, 6.07) is 1.50. The Labute approximate surface area is 92.5 Å². The second kappa shape index (κ2) is 6.62. The van der Waals surface area contributed by atoms with Gasteiger partial charge in [-0.25, -0.2) is 0 Å². The van der Waals surface area contributed by atoms with Gasteiger partial charge in [0.25, 0.3) is 0 Å². The van der Waals surface area contributed by atoms with E-state index in [1.54, 1.807) is 0 Å². The molecule has 0 atom stereocenters. The molecule has 86 valence electrons. The first-order valence-electron chi connectivity index (χ1n) is 6.13. The van der Waals surface area contributed by atoms with Crippen molar-refractivity contribution >= 4 is 8.80 Å². The highest BCUT2D eigenvalue weighted by atomic mass is 28.3. The summed E-state index contributed by atoms with van der Waals surface area (Å²) in [5.41, 5.74) is 0.356. The van der Waals surface area contributed by atoms with E-state index in [-0.39, 0.29) is 8.80 Å². The van der Waals surface area contributed by atoms with Crippen LogP contribution in [0.5, 0.6) is 0 Å². The first-order valence-corrected chi connectivity index (χ1v) is 9.25. The van der Waals surface area contributed by atoms with Gasteiger partial charge in [0, 0.05) is 14.3 Å². The van der Waals surface area contributed by atoms with Crippen LogP contribution in [0, 0.1) is 0 Å². The maximum atomic E-state index is 2.63. The predicted molar refractivity (Wildman–Crippen MR) is 69.9 cm³/mol. The number of hydrogen-bond donors (Lipinski definition) is 0. The average Bonchev–Trinajstić information content (AvgIpc) is 2.00. The normalized spacial score (nSPS) is 12.9. The Morgan fingerprint density at radius 3 is 2.00 bits per heavy atom. The molecule has 0 N–H and O–H groups in total. The molecule has 0 aromatic heterocycles. The van der Waals surface area contributed by atoms with Crippen LogP contribution in [-0.4, -0.2) is 32.3 Å². The lowest BCUT2D eigenvalue weighted by atomic mass is 10.1. The molecule has 0 aromatic rings. The third-order valence-electron chi connectivity index (χ3n) is 2.65. The monoisotopic (exact) mass is 215 g/mol. The fourth-order valence-electron chi connectivity index (χ4n) is 1.74. The van der Waals surface area contributed by atoms with Crippen LogP contribution < -0.4 is 0 Å². The van der Waals surface area contributed by atoms with Crippen LogP contribution in [0.4, 0.5) is 0 Å². The van der Waals surface area contributed by atoms with Gasteiger partial charge in [-0.1, -0.05) is 26.1 Å². The molecule has 0 spiro atoms. The smallest absolute Gasteiger partial charge is 0.0306 e. The standard InChI is InChI=1S/C12H29NSi/c1-7-9-13(12(2,3)4)10-8-11-14(5)6/h14H,7-11H2,1-6H3. The van der Waals surface area contributed by atoms with E-state index in [1.807, 2.05) is 0 Å². The Hall–Kier alpha value is 0.177. The minimum atomic E-state index is -0.330. The zero-order valence-corrected chi connectivity index (χ0v) is 12.2. The van der Waals surface area contributed by atoms with E-state index in [0.717, 1.165) is 0 Å². The highest BCUT2D eigenvalue weighted by Gasteiger charge is 2.19. The zero-order valence-electron chi connectivity index (χ0n) is 11.1. The molecule has 0 amide bonds. The van der Waals surface area contributed by atoms with Crippen molar-refractivity contribution < 1.29 is 0 Å². The van der Waals surface area contributed by atoms with Crippen LogP contribution >= 0.6 is 0 Å². The molecule has 2 heteroatoms.